The predicted molar refractivity (Wildman–Crippen MR) is 214 cm³/mol. The van der Waals surface area contributed by atoms with E-state index in [2.05, 4.69) is 34.3 Å². The Kier molecular flexibility index (Phi) is 15.7. The molecule has 0 bridgehead atoms. The lowest BCUT2D eigenvalue weighted by atomic mass is 10.0. The number of carbonyl (C=O) groups excluding carboxylic acids is 1. The highest BCUT2D eigenvalue weighted by Crippen LogP contribution is 2.43. The van der Waals surface area contributed by atoms with E-state index in [9.17, 15) is 9.90 Å². The third kappa shape index (κ3) is 10.3. The van der Waals surface area contributed by atoms with Gasteiger partial charge in [0.2, 0.25) is 0 Å². The van der Waals surface area contributed by atoms with Crippen molar-refractivity contribution in [2.45, 2.75) is 107 Å². The van der Waals surface area contributed by atoms with E-state index in [1.165, 1.54) is 0 Å². The summed E-state index contributed by atoms with van der Waals surface area (Å²) < 4.78 is 30.7. The Morgan fingerprint density at radius 1 is 0.574 bits per heavy atom. The van der Waals surface area contributed by atoms with Gasteiger partial charge in [-0.2, -0.15) is 0 Å². The van der Waals surface area contributed by atoms with Crippen molar-refractivity contribution in [1.29, 1.82) is 0 Å². The van der Waals surface area contributed by atoms with Crippen LogP contribution in [0.2, 0.25) is 0 Å². The lowest BCUT2D eigenvalue weighted by molar-refractivity contribution is -0.130. The number of carbonyl (C=O) groups is 1. The van der Waals surface area contributed by atoms with Crippen LogP contribution in [-0.4, -0.2) is 52.5 Å². The Bertz CT molecular complexity index is 1910. The third-order valence-electron chi connectivity index (χ3n) is 9.01. The zero-order valence-corrected chi connectivity index (χ0v) is 33.4. The number of hydrogen-bond acceptors (Lipinski definition) is 10. The number of unbranched alkanes of at least 4 members (excludes halogenated alkanes) is 4. The van der Waals surface area contributed by atoms with Gasteiger partial charge in [0.05, 0.1) is 43.1 Å². The molecule has 4 aromatic rings. The number of esters is 1. The smallest absolute Gasteiger partial charge is 0.338 e. The van der Waals surface area contributed by atoms with Crippen LogP contribution in [0.1, 0.15) is 103 Å². The van der Waals surface area contributed by atoms with Crippen molar-refractivity contribution in [3.63, 3.8) is 0 Å². The predicted octanol–water partition coefficient (Wildman–Crippen LogP) is 10.7. The van der Waals surface area contributed by atoms with Crippen molar-refractivity contribution in [3.05, 3.63) is 65.2 Å². The molecule has 0 radical (unpaired) electrons. The van der Waals surface area contributed by atoms with E-state index >= 15 is 0 Å². The summed E-state index contributed by atoms with van der Waals surface area (Å²) in [5.41, 5.74) is 3.71. The Hall–Kier alpha value is -5.12. The molecule has 0 saturated carbocycles. The molecule has 4 rings (SSSR count). The van der Waals surface area contributed by atoms with Crippen LogP contribution in [0.5, 0.6) is 34.5 Å². The molecule has 0 amide bonds. The third-order valence-corrected chi connectivity index (χ3v) is 9.01. The highest BCUT2D eigenvalue weighted by molar-refractivity contribution is 5.90. The fourth-order valence-electron chi connectivity index (χ4n) is 5.56. The second-order valence-corrected chi connectivity index (χ2v) is 13.5. The summed E-state index contributed by atoms with van der Waals surface area (Å²) >= 11 is 0. The fourth-order valence-corrected chi connectivity index (χ4v) is 5.56. The molecule has 1 N–H and O–H groups in total. The maximum Gasteiger partial charge on any atom is 0.338 e. The quantitative estimate of drug-likeness (QED) is 0.0382. The molecule has 290 valence electrons. The zero-order valence-electron chi connectivity index (χ0n) is 33.4. The number of phenols is 1. The van der Waals surface area contributed by atoms with Crippen molar-refractivity contribution in [2.75, 3.05) is 26.4 Å². The molecule has 0 spiro atoms. The average Bonchev–Trinajstić information content (AvgIpc) is 3.16. The molecule has 1 aromatic heterocycles. The molecule has 10 nitrogen and oxygen atoms in total. The highest BCUT2D eigenvalue weighted by Gasteiger charge is 2.25. The van der Waals surface area contributed by atoms with Crippen LogP contribution in [-0.2, 0) is 4.79 Å². The van der Waals surface area contributed by atoms with Gasteiger partial charge in [-0.25, -0.2) is 19.7 Å². The van der Waals surface area contributed by atoms with Crippen molar-refractivity contribution in [2.24, 2.45) is 0 Å². The topological polar surface area (TPSA) is 122 Å². The number of aromatic nitrogens is 3. The number of hydrogen-bond donors (Lipinski definition) is 1. The molecule has 0 aliphatic heterocycles. The summed E-state index contributed by atoms with van der Waals surface area (Å²) in [7, 11) is 0. The SMILES string of the molecule is C=C(C)C(=O)Oc1c(-c2nc(-c3ccc(OCCCC)c(C)c3O)nc(-c3ccc(OCCCC)c(C)c3OCCCC)n2)ccc(OCCCC)c1C. The van der Waals surface area contributed by atoms with Gasteiger partial charge < -0.3 is 28.8 Å². The largest absolute Gasteiger partial charge is 0.507 e. The number of aromatic hydroxyl groups is 1. The molecule has 0 aliphatic rings. The number of rotatable bonds is 21. The monoisotopic (exact) mass is 739 g/mol. The molecule has 0 aliphatic carbocycles. The van der Waals surface area contributed by atoms with Gasteiger partial charge in [0.15, 0.2) is 17.5 Å². The van der Waals surface area contributed by atoms with Crippen molar-refractivity contribution < 1.29 is 33.6 Å². The minimum atomic E-state index is -0.590. The number of benzene rings is 3. The van der Waals surface area contributed by atoms with Gasteiger partial charge in [-0.3, -0.25) is 0 Å². The van der Waals surface area contributed by atoms with E-state index in [0.717, 1.165) is 62.7 Å². The number of phenolic OH excluding ortho intramolecular Hbond substituents is 1. The Balaban J connectivity index is 2.00. The number of nitrogens with zero attached hydrogens (tertiary/aromatic N) is 3. The summed E-state index contributed by atoms with van der Waals surface area (Å²) in [6, 6.07) is 11.0. The first-order valence-corrected chi connectivity index (χ1v) is 19.3. The van der Waals surface area contributed by atoms with Crippen LogP contribution in [0.25, 0.3) is 34.2 Å². The summed E-state index contributed by atoms with van der Waals surface area (Å²) in [6.45, 7) is 21.6. The van der Waals surface area contributed by atoms with E-state index in [1.807, 2.05) is 38.1 Å². The molecule has 54 heavy (non-hydrogen) atoms. The first-order chi connectivity index (χ1) is 26.1. The lowest BCUT2D eigenvalue weighted by Gasteiger charge is -2.19. The maximum atomic E-state index is 13.0. The normalized spacial score (nSPS) is 11.0. The van der Waals surface area contributed by atoms with Gasteiger partial charge in [0, 0.05) is 22.3 Å². The maximum absolute atomic E-state index is 13.0. The molecule has 0 atom stereocenters. The molecular formula is C44H57N3O7. The Labute approximate surface area is 320 Å². The van der Waals surface area contributed by atoms with Crippen LogP contribution in [0.15, 0.2) is 48.6 Å². The van der Waals surface area contributed by atoms with Crippen molar-refractivity contribution in [3.8, 4) is 68.7 Å². The van der Waals surface area contributed by atoms with Gasteiger partial charge >= 0.3 is 5.97 Å². The van der Waals surface area contributed by atoms with Gasteiger partial charge in [0.25, 0.3) is 0 Å². The van der Waals surface area contributed by atoms with Gasteiger partial charge in [-0.1, -0.05) is 60.0 Å². The van der Waals surface area contributed by atoms with Crippen LogP contribution < -0.4 is 23.7 Å². The van der Waals surface area contributed by atoms with Gasteiger partial charge in [0.1, 0.15) is 34.5 Å². The first-order valence-electron chi connectivity index (χ1n) is 19.3. The Morgan fingerprint density at radius 2 is 0.944 bits per heavy atom. The number of ether oxygens (including phenoxy) is 5. The molecule has 3 aromatic carbocycles. The minimum Gasteiger partial charge on any atom is -0.507 e. The molecule has 1 heterocycles. The van der Waals surface area contributed by atoms with E-state index in [-0.39, 0.29) is 28.7 Å². The molecule has 0 unspecified atom stereocenters. The van der Waals surface area contributed by atoms with E-state index in [4.69, 9.17) is 38.6 Å². The Morgan fingerprint density at radius 3 is 1.39 bits per heavy atom. The van der Waals surface area contributed by atoms with Gasteiger partial charge in [-0.15, -0.1) is 0 Å². The minimum absolute atomic E-state index is 0.00726. The van der Waals surface area contributed by atoms with Crippen molar-refractivity contribution in [1.82, 2.24) is 15.0 Å². The van der Waals surface area contributed by atoms with Crippen molar-refractivity contribution >= 4 is 5.97 Å². The molecule has 0 fully saturated rings. The lowest BCUT2D eigenvalue weighted by Crippen LogP contribution is -2.12. The first kappa shape index (κ1) is 41.6. The zero-order chi connectivity index (χ0) is 39.2. The van der Waals surface area contributed by atoms with E-state index < -0.39 is 5.97 Å². The summed E-state index contributed by atoms with van der Waals surface area (Å²) in [5.74, 6) is 2.90. The summed E-state index contributed by atoms with van der Waals surface area (Å²) in [5, 5.41) is 11.6. The van der Waals surface area contributed by atoms with Crippen LogP contribution in [0.3, 0.4) is 0 Å². The summed E-state index contributed by atoms with van der Waals surface area (Å²) in [6.07, 6.45) is 7.49. The fraction of sp³-hybridized carbons (Fsp3) is 0.455. The highest BCUT2D eigenvalue weighted by atomic mass is 16.5. The second kappa shape index (κ2) is 20.4. The van der Waals surface area contributed by atoms with E-state index in [1.54, 1.807) is 26.0 Å². The second-order valence-electron chi connectivity index (χ2n) is 13.5. The van der Waals surface area contributed by atoms with E-state index in [0.29, 0.717) is 77.3 Å². The summed E-state index contributed by atoms with van der Waals surface area (Å²) in [4.78, 5) is 27.9. The molecule has 10 heteroatoms. The van der Waals surface area contributed by atoms with Crippen LogP contribution >= 0.6 is 0 Å². The van der Waals surface area contributed by atoms with Crippen LogP contribution in [0.4, 0.5) is 0 Å². The standard InChI is InChI=1S/C44H57N3O7/c1-10-14-24-50-35-21-18-32(38(48)29(35)7)41-45-42(33-19-22-36(51-25-15-11-2)30(8)39(33)53-27-17-13-4)47-43(46-41)34-20-23-37(52-26-16-12-3)31(9)40(34)54-44(49)28(5)6/h18-23,48H,5,10-17,24-27H2,1-4,6-9H3. The molecular weight excluding hydrogens is 682 g/mol. The van der Waals surface area contributed by atoms with Crippen LogP contribution in [0, 0.1) is 20.8 Å². The molecule has 0 saturated heterocycles. The van der Waals surface area contributed by atoms with Gasteiger partial charge in [-0.05, 0) is 89.8 Å². The average molecular weight is 740 g/mol.